The van der Waals surface area contributed by atoms with Crippen LogP contribution in [0.3, 0.4) is 0 Å². The number of halogens is 1. The van der Waals surface area contributed by atoms with E-state index in [-0.39, 0.29) is 0 Å². The molecule has 0 atom stereocenters. The van der Waals surface area contributed by atoms with Crippen LogP contribution in [0.1, 0.15) is 0 Å². The number of imidazole rings is 1. The van der Waals surface area contributed by atoms with E-state index in [1.165, 1.54) is 0 Å². The van der Waals surface area contributed by atoms with E-state index < -0.39 is 0 Å². The zero-order valence-corrected chi connectivity index (χ0v) is 8.98. The number of pyridine rings is 1. The number of nitrogen functional groups attached to an aromatic ring is 1. The molecule has 0 radical (unpaired) electrons. The fourth-order valence-electron chi connectivity index (χ4n) is 1.63. The average molecular weight is 234 g/mol. The Hall–Kier alpha value is -1.94. The second kappa shape index (κ2) is 3.28. The van der Waals surface area contributed by atoms with Gasteiger partial charge in [0.1, 0.15) is 17.2 Å². The number of rotatable bonds is 1. The molecule has 0 aliphatic heterocycles. The van der Waals surface area contributed by atoms with Crippen molar-refractivity contribution in [1.82, 2.24) is 9.38 Å². The summed E-state index contributed by atoms with van der Waals surface area (Å²) in [6.07, 6.45) is 3.32. The number of furan rings is 1. The van der Waals surface area contributed by atoms with E-state index in [9.17, 15) is 0 Å². The molecule has 3 rings (SSSR count). The molecule has 0 spiro atoms. The molecule has 0 unspecified atom stereocenters. The summed E-state index contributed by atoms with van der Waals surface area (Å²) < 4.78 is 7.01. The first-order chi connectivity index (χ1) is 7.75. The average Bonchev–Trinajstić information content (AvgIpc) is 2.87. The Balaban J connectivity index is 2.32. The predicted octanol–water partition coefficient (Wildman–Crippen LogP) is 2.83. The van der Waals surface area contributed by atoms with Gasteiger partial charge >= 0.3 is 0 Å². The van der Waals surface area contributed by atoms with Crippen molar-refractivity contribution in [2.45, 2.75) is 0 Å². The molecule has 0 saturated heterocycles. The zero-order chi connectivity index (χ0) is 11.1. The molecule has 0 aliphatic carbocycles. The third-order valence-electron chi connectivity index (χ3n) is 2.37. The highest BCUT2D eigenvalue weighted by Gasteiger charge is 2.13. The van der Waals surface area contributed by atoms with Crippen molar-refractivity contribution in [3.63, 3.8) is 0 Å². The Bertz CT molecular complexity index is 643. The quantitative estimate of drug-likeness (QED) is 0.703. The summed E-state index contributed by atoms with van der Waals surface area (Å²) in [4.78, 5) is 4.38. The normalized spacial score (nSPS) is 11.1. The number of anilines is 1. The van der Waals surface area contributed by atoms with Crippen molar-refractivity contribution in [1.29, 1.82) is 0 Å². The van der Waals surface area contributed by atoms with Crippen molar-refractivity contribution >= 4 is 23.1 Å². The molecular formula is C11H8ClN3O. The smallest absolute Gasteiger partial charge is 0.156 e. The Kier molecular flexibility index (Phi) is 1.91. The highest BCUT2D eigenvalue weighted by Crippen LogP contribution is 2.27. The molecule has 80 valence electrons. The number of nitrogens with two attached hydrogens (primary N) is 1. The van der Waals surface area contributed by atoms with E-state index in [1.54, 1.807) is 29.0 Å². The van der Waals surface area contributed by atoms with Gasteiger partial charge in [0.2, 0.25) is 0 Å². The molecule has 2 N–H and O–H groups in total. The van der Waals surface area contributed by atoms with Crippen LogP contribution < -0.4 is 5.73 Å². The summed E-state index contributed by atoms with van der Waals surface area (Å²) in [5.41, 5.74) is 7.36. The van der Waals surface area contributed by atoms with E-state index in [1.807, 2.05) is 12.1 Å². The van der Waals surface area contributed by atoms with Gasteiger partial charge in [-0.25, -0.2) is 4.98 Å². The number of hydrogen-bond acceptors (Lipinski definition) is 3. The third-order valence-corrected chi connectivity index (χ3v) is 2.60. The van der Waals surface area contributed by atoms with Crippen LogP contribution in [0.5, 0.6) is 0 Å². The van der Waals surface area contributed by atoms with Crippen molar-refractivity contribution in [2.24, 2.45) is 0 Å². The number of aromatic nitrogens is 2. The third kappa shape index (κ3) is 1.27. The molecule has 0 aliphatic rings. The lowest BCUT2D eigenvalue weighted by Gasteiger charge is -1.96. The van der Waals surface area contributed by atoms with Crippen LogP contribution in [-0.4, -0.2) is 9.38 Å². The molecule has 0 amide bonds. The zero-order valence-electron chi connectivity index (χ0n) is 8.22. The van der Waals surface area contributed by atoms with Crippen LogP contribution in [0.4, 0.5) is 5.82 Å². The Labute approximate surface area is 96.3 Å². The number of hydrogen-bond donors (Lipinski definition) is 1. The van der Waals surface area contributed by atoms with E-state index in [0.717, 1.165) is 5.65 Å². The lowest BCUT2D eigenvalue weighted by atomic mass is 10.3. The highest BCUT2D eigenvalue weighted by molar-refractivity contribution is 6.30. The molecule has 5 heteroatoms. The standard InChI is InChI=1S/C11H8ClN3O/c12-7-3-4-9-14-10(8-2-1-5-16-8)11(13)15(9)6-7/h1-6H,13H2. The topological polar surface area (TPSA) is 56.5 Å². The van der Waals surface area contributed by atoms with Gasteiger partial charge in [-0.1, -0.05) is 11.6 Å². The minimum atomic E-state index is 0.521. The molecular weight excluding hydrogens is 226 g/mol. The van der Waals surface area contributed by atoms with Crippen molar-refractivity contribution < 1.29 is 4.42 Å². The maximum atomic E-state index is 5.98. The van der Waals surface area contributed by atoms with Gasteiger partial charge in [-0.3, -0.25) is 4.40 Å². The first-order valence-electron chi connectivity index (χ1n) is 4.72. The molecule has 3 aromatic heterocycles. The monoisotopic (exact) mass is 233 g/mol. The van der Waals surface area contributed by atoms with E-state index in [0.29, 0.717) is 22.3 Å². The minimum Gasteiger partial charge on any atom is -0.463 e. The largest absolute Gasteiger partial charge is 0.463 e. The summed E-state index contributed by atoms with van der Waals surface area (Å²) in [7, 11) is 0. The van der Waals surface area contributed by atoms with Crippen LogP contribution >= 0.6 is 11.6 Å². The molecule has 0 bridgehead atoms. The van der Waals surface area contributed by atoms with E-state index in [2.05, 4.69) is 4.98 Å². The van der Waals surface area contributed by atoms with Gasteiger partial charge < -0.3 is 10.2 Å². The van der Waals surface area contributed by atoms with Gasteiger partial charge in [-0.15, -0.1) is 0 Å². The summed E-state index contributed by atoms with van der Waals surface area (Å²) >= 11 is 5.90. The fourth-order valence-corrected chi connectivity index (χ4v) is 1.79. The molecule has 0 saturated carbocycles. The van der Waals surface area contributed by atoms with Gasteiger partial charge in [0, 0.05) is 6.20 Å². The number of fused-ring (bicyclic) bond motifs is 1. The second-order valence-electron chi connectivity index (χ2n) is 3.40. The first-order valence-corrected chi connectivity index (χ1v) is 5.10. The summed E-state index contributed by atoms with van der Waals surface area (Å²) in [5.74, 6) is 1.17. The molecule has 16 heavy (non-hydrogen) atoms. The first kappa shape index (κ1) is 9.30. The molecule has 3 aromatic rings. The lowest BCUT2D eigenvalue weighted by Crippen LogP contribution is -1.93. The maximum Gasteiger partial charge on any atom is 0.156 e. The Morgan fingerprint density at radius 3 is 2.94 bits per heavy atom. The minimum absolute atomic E-state index is 0.521. The van der Waals surface area contributed by atoms with Gasteiger partial charge in [-0.2, -0.15) is 0 Å². The highest BCUT2D eigenvalue weighted by atomic mass is 35.5. The molecule has 0 aromatic carbocycles. The SMILES string of the molecule is Nc1c(-c2ccco2)nc2ccc(Cl)cn12. The van der Waals surface area contributed by atoms with Crippen molar-refractivity contribution in [2.75, 3.05) is 5.73 Å². The summed E-state index contributed by atoms with van der Waals surface area (Å²) in [6.45, 7) is 0. The van der Waals surface area contributed by atoms with E-state index in [4.69, 9.17) is 21.8 Å². The number of nitrogens with zero attached hydrogens (tertiary/aromatic N) is 2. The lowest BCUT2D eigenvalue weighted by molar-refractivity contribution is 0.581. The van der Waals surface area contributed by atoms with Crippen LogP contribution in [0.2, 0.25) is 5.02 Å². The van der Waals surface area contributed by atoms with Crippen LogP contribution in [-0.2, 0) is 0 Å². The van der Waals surface area contributed by atoms with Gasteiger partial charge in [-0.05, 0) is 24.3 Å². The Morgan fingerprint density at radius 2 is 2.19 bits per heavy atom. The summed E-state index contributed by atoms with van der Waals surface area (Å²) in [6, 6.07) is 7.20. The van der Waals surface area contributed by atoms with Crippen LogP contribution in [0.15, 0.2) is 41.1 Å². The second-order valence-corrected chi connectivity index (χ2v) is 3.83. The van der Waals surface area contributed by atoms with Crippen LogP contribution in [0, 0.1) is 0 Å². The maximum absolute atomic E-state index is 5.98. The van der Waals surface area contributed by atoms with Gasteiger partial charge in [0.25, 0.3) is 0 Å². The summed E-state index contributed by atoms with van der Waals surface area (Å²) in [5, 5.41) is 0.614. The van der Waals surface area contributed by atoms with Crippen molar-refractivity contribution in [3.05, 3.63) is 41.7 Å². The molecule has 4 nitrogen and oxygen atoms in total. The van der Waals surface area contributed by atoms with Crippen molar-refractivity contribution in [3.8, 4) is 11.5 Å². The predicted molar refractivity (Wildman–Crippen MR) is 62.3 cm³/mol. The van der Waals surface area contributed by atoms with Gasteiger partial charge in [0.05, 0.1) is 11.3 Å². The Morgan fingerprint density at radius 1 is 1.31 bits per heavy atom. The molecule has 0 fully saturated rings. The molecule has 3 heterocycles. The van der Waals surface area contributed by atoms with E-state index >= 15 is 0 Å². The van der Waals surface area contributed by atoms with Gasteiger partial charge in [0.15, 0.2) is 5.76 Å². The fraction of sp³-hybridized carbons (Fsp3) is 0. The van der Waals surface area contributed by atoms with Crippen LogP contribution in [0.25, 0.3) is 17.1 Å².